The fourth-order valence-corrected chi connectivity index (χ4v) is 4.30. The van der Waals surface area contributed by atoms with E-state index in [0.29, 0.717) is 24.6 Å². The molecule has 0 aromatic heterocycles. The van der Waals surface area contributed by atoms with Crippen molar-refractivity contribution in [2.45, 2.75) is 45.2 Å². The molecule has 2 aliphatic rings. The summed E-state index contributed by atoms with van der Waals surface area (Å²) in [6.45, 7) is 5.56. The normalized spacial score (nSPS) is 21.0. The first-order valence-corrected chi connectivity index (χ1v) is 10.5. The molecule has 0 saturated carbocycles. The fraction of sp³-hybridized carbons (Fsp3) is 0.522. The number of likely N-dealkylation sites (N-methyl/N-ethyl adjacent to an activating group) is 2. The second kappa shape index (κ2) is 8.85. The van der Waals surface area contributed by atoms with Crippen molar-refractivity contribution in [3.63, 3.8) is 0 Å². The molecule has 1 aromatic carbocycles. The molecule has 9 heteroatoms. The van der Waals surface area contributed by atoms with E-state index in [9.17, 15) is 18.0 Å². The topological polar surface area (TPSA) is 71.7 Å². The SMILES string of the molecule is CN1CC(c2ccc(NC(=O)C(F)(F)F)c(C3=CCC(C)(C)CC3)c2)CN(C)C1=NC#N. The van der Waals surface area contributed by atoms with E-state index in [0.717, 1.165) is 30.4 Å². The first kappa shape index (κ1) is 23.6. The number of amides is 1. The highest BCUT2D eigenvalue weighted by Gasteiger charge is 2.39. The van der Waals surface area contributed by atoms with Crippen LogP contribution in [0.1, 0.15) is 50.2 Å². The number of nitrogens with one attached hydrogen (secondary N) is 1. The van der Waals surface area contributed by atoms with Gasteiger partial charge < -0.3 is 15.1 Å². The zero-order valence-electron chi connectivity index (χ0n) is 18.8. The summed E-state index contributed by atoms with van der Waals surface area (Å²) in [4.78, 5) is 19.3. The van der Waals surface area contributed by atoms with E-state index in [1.54, 1.807) is 12.1 Å². The number of anilines is 1. The van der Waals surface area contributed by atoms with E-state index in [2.05, 4.69) is 30.2 Å². The number of halogens is 3. The standard InChI is InChI=1S/C23H28F3N5O/c1-22(2)9-7-15(8-10-22)18-11-16(5-6-19(18)29-20(32)23(24,25)26)17-12-30(3)21(28-14-27)31(4)13-17/h5-7,11,17H,8-10,12-13H2,1-4H3,(H,29,32). The van der Waals surface area contributed by atoms with Crippen molar-refractivity contribution in [2.75, 3.05) is 32.5 Å². The van der Waals surface area contributed by atoms with Crippen molar-refractivity contribution in [1.82, 2.24) is 9.80 Å². The van der Waals surface area contributed by atoms with Crippen LogP contribution in [0.25, 0.3) is 5.57 Å². The molecule has 1 saturated heterocycles. The molecule has 0 spiro atoms. The molecule has 0 unspecified atom stereocenters. The zero-order valence-corrected chi connectivity index (χ0v) is 18.8. The number of guanidine groups is 1. The Bertz CT molecular complexity index is 976. The Kier molecular flexibility index (Phi) is 6.54. The van der Waals surface area contributed by atoms with Crippen LogP contribution in [-0.4, -0.2) is 55.0 Å². The lowest BCUT2D eigenvalue weighted by Crippen LogP contribution is -2.49. The number of nitriles is 1. The predicted octanol–water partition coefficient (Wildman–Crippen LogP) is 4.58. The van der Waals surface area contributed by atoms with Gasteiger partial charge in [0, 0.05) is 44.4 Å². The van der Waals surface area contributed by atoms with Gasteiger partial charge in [-0.2, -0.15) is 18.4 Å². The van der Waals surface area contributed by atoms with E-state index >= 15 is 0 Å². The number of hydrogen-bond donors (Lipinski definition) is 1. The Hall–Kier alpha value is -3.02. The smallest absolute Gasteiger partial charge is 0.344 e. The summed E-state index contributed by atoms with van der Waals surface area (Å²) in [5.74, 6) is -1.33. The molecule has 0 bridgehead atoms. The van der Waals surface area contributed by atoms with Gasteiger partial charge in [-0.05, 0) is 47.9 Å². The molecule has 0 atom stereocenters. The number of allylic oxidation sites excluding steroid dienone is 2. The second-order valence-corrected chi connectivity index (χ2v) is 9.32. The molecule has 6 nitrogen and oxygen atoms in total. The maximum atomic E-state index is 12.9. The average molecular weight is 448 g/mol. The number of alkyl halides is 3. The maximum absolute atomic E-state index is 12.9. The van der Waals surface area contributed by atoms with E-state index < -0.39 is 12.1 Å². The quantitative estimate of drug-likeness (QED) is 0.689. The molecule has 1 amide bonds. The van der Waals surface area contributed by atoms with Crippen LogP contribution in [0.15, 0.2) is 29.3 Å². The van der Waals surface area contributed by atoms with Crippen LogP contribution in [0.2, 0.25) is 0 Å². The van der Waals surface area contributed by atoms with Gasteiger partial charge in [0.1, 0.15) is 0 Å². The maximum Gasteiger partial charge on any atom is 0.471 e. The summed E-state index contributed by atoms with van der Waals surface area (Å²) < 4.78 is 38.7. The van der Waals surface area contributed by atoms with Crippen LogP contribution in [-0.2, 0) is 4.79 Å². The summed E-state index contributed by atoms with van der Waals surface area (Å²) in [7, 11) is 3.70. The lowest BCUT2D eigenvalue weighted by atomic mass is 9.76. The van der Waals surface area contributed by atoms with Gasteiger partial charge in [0.25, 0.3) is 0 Å². The van der Waals surface area contributed by atoms with Crippen molar-refractivity contribution < 1.29 is 18.0 Å². The lowest BCUT2D eigenvalue weighted by molar-refractivity contribution is -0.167. The Balaban J connectivity index is 1.96. The van der Waals surface area contributed by atoms with Gasteiger partial charge in [-0.3, -0.25) is 4.79 Å². The van der Waals surface area contributed by atoms with E-state index in [1.807, 2.05) is 36.2 Å². The Labute approximate surface area is 186 Å². The third-order valence-electron chi connectivity index (χ3n) is 6.16. The number of hydrogen-bond acceptors (Lipinski definition) is 3. The number of aliphatic imine (C=N–C) groups is 1. The van der Waals surface area contributed by atoms with E-state index in [1.165, 1.54) is 0 Å². The second-order valence-electron chi connectivity index (χ2n) is 9.32. The largest absolute Gasteiger partial charge is 0.471 e. The third kappa shape index (κ3) is 5.23. The molecular weight excluding hydrogens is 419 g/mol. The Morgan fingerprint density at radius 1 is 1.25 bits per heavy atom. The van der Waals surface area contributed by atoms with Gasteiger partial charge >= 0.3 is 12.1 Å². The summed E-state index contributed by atoms with van der Waals surface area (Å²) in [5.41, 5.74) is 2.86. The van der Waals surface area contributed by atoms with Crippen molar-refractivity contribution in [2.24, 2.45) is 10.4 Å². The molecule has 1 heterocycles. The number of rotatable bonds is 3. The van der Waals surface area contributed by atoms with E-state index in [-0.39, 0.29) is 17.0 Å². The summed E-state index contributed by atoms with van der Waals surface area (Å²) in [6.07, 6.45) is 1.40. The monoisotopic (exact) mass is 447 g/mol. The number of carbonyl (C=O) groups excluding carboxylic acids is 1. The van der Waals surface area contributed by atoms with Gasteiger partial charge in [0.15, 0.2) is 0 Å². The molecular formula is C23H28F3N5O. The summed E-state index contributed by atoms with van der Waals surface area (Å²) in [6, 6.07) is 5.23. The van der Waals surface area contributed by atoms with Gasteiger partial charge in [0.05, 0.1) is 0 Å². The first-order valence-electron chi connectivity index (χ1n) is 10.5. The zero-order chi connectivity index (χ0) is 23.7. The van der Waals surface area contributed by atoms with Crippen molar-refractivity contribution >= 4 is 23.1 Å². The van der Waals surface area contributed by atoms with Gasteiger partial charge in [0.2, 0.25) is 12.2 Å². The van der Waals surface area contributed by atoms with Crippen LogP contribution in [0.5, 0.6) is 0 Å². The number of benzene rings is 1. The molecule has 3 rings (SSSR count). The van der Waals surface area contributed by atoms with E-state index in [4.69, 9.17) is 5.26 Å². The van der Waals surface area contributed by atoms with Crippen molar-refractivity contribution in [3.8, 4) is 6.19 Å². The minimum atomic E-state index is -4.95. The Morgan fingerprint density at radius 3 is 2.44 bits per heavy atom. The molecule has 1 N–H and O–H groups in total. The fourth-order valence-electron chi connectivity index (χ4n) is 4.30. The highest BCUT2D eigenvalue weighted by molar-refractivity contribution is 5.97. The summed E-state index contributed by atoms with van der Waals surface area (Å²) >= 11 is 0. The lowest BCUT2D eigenvalue weighted by Gasteiger charge is -2.39. The Morgan fingerprint density at radius 2 is 1.91 bits per heavy atom. The van der Waals surface area contributed by atoms with Crippen LogP contribution in [0, 0.1) is 16.9 Å². The van der Waals surface area contributed by atoms with Crippen LogP contribution in [0.3, 0.4) is 0 Å². The highest BCUT2D eigenvalue weighted by atomic mass is 19.4. The molecule has 172 valence electrons. The highest BCUT2D eigenvalue weighted by Crippen LogP contribution is 2.41. The van der Waals surface area contributed by atoms with Crippen LogP contribution >= 0.6 is 0 Å². The molecule has 32 heavy (non-hydrogen) atoms. The predicted molar refractivity (Wildman–Crippen MR) is 118 cm³/mol. The van der Waals surface area contributed by atoms with Gasteiger partial charge in [-0.1, -0.05) is 26.0 Å². The van der Waals surface area contributed by atoms with Crippen molar-refractivity contribution in [3.05, 3.63) is 35.4 Å². The van der Waals surface area contributed by atoms with Crippen molar-refractivity contribution in [1.29, 1.82) is 5.26 Å². The molecule has 0 radical (unpaired) electrons. The van der Waals surface area contributed by atoms with Crippen LogP contribution in [0.4, 0.5) is 18.9 Å². The first-order chi connectivity index (χ1) is 14.9. The third-order valence-corrected chi connectivity index (χ3v) is 6.16. The molecule has 1 aromatic rings. The average Bonchev–Trinajstić information content (AvgIpc) is 2.70. The molecule has 1 fully saturated rings. The summed E-state index contributed by atoms with van der Waals surface area (Å²) in [5, 5.41) is 11.0. The minimum Gasteiger partial charge on any atom is -0.344 e. The van der Waals surface area contributed by atoms with Gasteiger partial charge in [-0.15, -0.1) is 4.99 Å². The molecule has 1 aliphatic carbocycles. The van der Waals surface area contributed by atoms with Crippen LogP contribution < -0.4 is 5.32 Å². The minimum absolute atomic E-state index is 0.0643. The van der Waals surface area contributed by atoms with Gasteiger partial charge in [-0.25, -0.2) is 0 Å². The number of nitrogens with zero attached hydrogens (tertiary/aromatic N) is 4. The number of carbonyl (C=O) groups is 1. The molecule has 1 aliphatic heterocycles.